The van der Waals surface area contributed by atoms with Crippen LogP contribution in [0.15, 0.2) is 54.6 Å². The molecule has 0 aliphatic carbocycles. The Bertz CT molecular complexity index is 1020. The first-order valence-electron chi connectivity index (χ1n) is 9.53. The van der Waals surface area contributed by atoms with Crippen molar-refractivity contribution >= 4 is 23.3 Å². The second-order valence-electron chi connectivity index (χ2n) is 6.88. The van der Waals surface area contributed by atoms with Crippen LogP contribution in [0.2, 0.25) is 5.02 Å². The lowest BCUT2D eigenvalue weighted by Crippen LogP contribution is -2.49. The highest BCUT2D eigenvalue weighted by Crippen LogP contribution is 2.24. The molecule has 0 spiro atoms. The van der Waals surface area contributed by atoms with Crippen LogP contribution in [0, 0.1) is 5.82 Å². The van der Waals surface area contributed by atoms with Crippen LogP contribution in [0.4, 0.5) is 10.2 Å². The summed E-state index contributed by atoms with van der Waals surface area (Å²) in [5.41, 5.74) is 1.65. The predicted molar refractivity (Wildman–Crippen MR) is 114 cm³/mol. The standard InChI is InChI=1S/C22H20ClFN4O2/c1-30-16-7-5-15(6-8-16)19-9-10-20(26-25-19)27-11-13-28(14-12-27)22(29)21-17(23)3-2-4-18(21)24/h2-10H,11-14H2,1H3. The molecule has 3 aromatic rings. The van der Waals surface area contributed by atoms with E-state index >= 15 is 0 Å². The largest absolute Gasteiger partial charge is 0.497 e. The molecule has 2 heterocycles. The predicted octanol–water partition coefficient (Wildman–Crippen LogP) is 3.91. The van der Waals surface area contributed by atoms with E-state index in [1.165, 1.54) is 18.2 Å². The number of hydrogen-bond acceptors (Lipinski definition) is 5. The first-order valence-corrected chi connectivity index (χ1v) is 9.91. The van der Waals surface area contributed by atoms with Gasteiger partial charge in [-0.25, -0.2) is 4.39 Å². The molecule has 0 atom stereocenters. The number of ether oxygens (including phenoxy) is 1. The maximum Gasteiger partial charge on any atom is 0.258 e. The van der Waals surface area contributed by atoms with Gasteiger partial charge in [-0.2, -0.15) is 0 Å². The summed E-state index contributed by atoms with van der Waals surface area (Å²) in [4.78, 5) is 16.3. The van der Waals surface area contributed by atoms with Gasteiger partial charge in [0.2, 0.25) is 0 Å². The molecule has 30 heavy (non-hydrogen) atoms. The van der Waals surface area contributed by atoms with Crippen molar-refractivity contribution in [2.45, 2.75) is 0 Å². The highest BCUT2D eigenvalue weighted by molar-refractivity contribution is 6.33. The van der Waals surface area contributed by atoms with E-state index in [1.807, 2.05) is 36.4 Å². The number of anilines is 1. The van der Waals surface area contributed by atoms with Gasteiger partial charge in [-0.3, -0.25) is 4.79 Å². The van der Waals surface area contributed by atoms with Crippen LogP contribution in [0.5, 0.6) is 5.75 Å². The van der Waals surface area contributed by atoms with Crippen molar-refractivity contribution in [2.24, 2.45) is 0 Å². The minimum Gasteiger partial charge on any atom is -0.497 e. The van der Waals surface area contributed by atoms with E-state index in [0.717, 1.165) is 22.8 Å². The highest BCUT2D eigenvalue weighted by Gasteiger charge is 2.26. The molecule has 154 valence electrons. The molecule has 0 unspecified atom stereocenters. The monoisotopic (exact) mass is 426 g/mol. The van der Waals surface area contributed by atoms with Gasteiger partial charge >= 0.3 is 0 Å². The Hall–Kier alpha value is -3.19. The second-order valence-corrected chi connectivity index (χ2v) is 7.29. The Morgan fingerprint density at radius 2 is 1.73 bits per heavy atom. The quantitative estimate of drug-likeness (QED) is 0.633. The Kier molecular flexibility index (Phi) is 5.81. The molecule has 8 heteroatoms. The third-order valence-corrected chi connectivity index (χ3v) is 5.42. The number of carbonyl (C=O) groups is 1. The van der Waals surface area contributed by atoms with Gasteiger partial charge in [0.15, 0.2) is 5.82 Å². The molecule has 0 radical (unpaired) electrons. The average Bonchev–Trinajstić information content (AvgIpc) is 2.79. The van der Waals surface area contributed by atoms with Gasteiger partial charge in [-0.05, 0) is 48.5 Å². The minimum absolute atomic E-state index is 0.0729. The number of piperazine rings is 1. The van der Waals surface area contributed by atoms with Gasteiger partial charge < -0.3 is 14.5 Å². The number of rotatable bonds is 4. The summed E-state index contributed by atoms with van der Waals surface area (Å²) < 4.78 is 19.2. The van der Waals surface area contributed by atoms with Crippen molar-refractivity contribution in [1.82, 2.24) is 15.1 Å². The molecular weight excluding hydrogens is 407 g/mol. The summed E-state index contributed by atoms with van der Waals surface area (Å²) in [5, 5.41) is 8.79. The van der Waals surface area contributed by atoms with E-state index in [-0.39, 0.29) is 10.6 Å². The molecule has 1 fully saturated rings. The molecule has 0 saturated carbocycles. The molecule has 1 aromatic heterocycles. The lowest BCUT2D eigenvalue weighted by molar-refractivity contribution is 0.0742. The van der Waals surface area contributed by atoms with Crippen LogP contribution in [0.1, 0.15) is 10.4 Å². The molecule has 4 rings (SSSR count). The van der Waals surface area contributed by atoms with E-state index in [2.05, 4.69) is 15.1 Å². The summed E-state index contributed by atoms with van der Waals surface area (Å²) in [6, 6.07) is 15.7. The molecule has 6 nitrogen and oxygen atoms in total. The van der Waals surface area contributed by atoms with Crippen LogP contribution >= 0.6 is 11.6 Å². The topological polar surface area (TPSA) is 58.6 Å². The molecule has 1 aliphatic heterocycles. The van der Waals surface area contributed by atoms with Crippen molar-refractivity contribution in [3.05, 3.63) is 71.0 Å². The summed E-state index contributed by atoms with van der Waals surface area (Å²) in [5.74, 6) is 0.532. The lowest BCUT2D eigenvalue weighted by Gasteiger charge is -2.35. The molecule has 1 amide bonds. The fraction of sp³-hybridized carbons (Fsp3) is 0.227. The summed E-state index contributed by atoms with van der Waals surface area (Å²) in [6.45, 7) is 2.06. The fourth-order valence-corrected chi connectivity index (χ4v) is 3.65. The average molecular weight is 427 g/mol. The molecular formula is C22H20ClFN4O2. The van der Waals surface area contributed by atoms with Crippen molar-refractivity contribution in [3.8, 4) is 17.0 Å². The van der Waals surface area contributed by atoms with Crippen LogP contribution in [-0.2, 0) is 0 Å². The number of aromatic nitrogens is 2. The Morgan fingerprint density at radius 1 is 1.00 bits per heavy atom. The second kappa shape index (κ2) is 8.67. The number of amides is 1. The molecule has 0 bridgehead atoms. The number of methoxy groups -OCH3 is 1. The Balaban J connectivity index is 1.41. The van der Waals surface area contributed by atoms with E-state index in [1.54, 1.807) is 12.0 Å². The van der Waals surface area contributed by atoms with Gasteiger partial charge in [0, 0.05) is 31.7 Å². The smallest absolute Gasteiger partial charge is 0.258 e. The number of halogens is 2. The summed E-state index contributed by atoms with van der Waals surface area (Å²) in [6.07, 6.45) is 0. The lowest BCUT2D eigenvalue weighted by atomic mass is 10.1. The summed E-state index contributed by atoms with van der Waals surface area (Å²) >= 11 is 6.03. The van der Waals surface area contributed by atoms with Crippen LogP contribution in [-0.4, -0.2) is 54.3 Å². The van der Waals surface area contributed by atoms with Gasteiger partial charge in [0.05, 0.1) is 23.4 Å². The zero-order valence-corrected chi connectivity index (χ0v) is 17.1. The van der Waals surface area contributed by atoms with Crippen molar-refractivity contribution in [2.75, 3.05) is 38.2 Å². The van der Waals surface area contributed by atoms with Crippen molar-refractivity contribution < 1.29 is 13.9 Å². The van der Waals surface area contributed by atoms with Crippen LogP contribution < -0.4 is 9.64 Å². The fourth-order valence-electron chi connectivity index (χ4n) is 3.41. The highest BCUT2D eigenvalue weighted by atomic mass is 35.5. The van der Waals surface area contributed by atoms with Crippen LogP contribution in [0.25, 0.3) is 11.3 Å². The van der Waals surface area contributed by atoms with E-state index < -0.39 is 11.7 Å². The third kappa shape index (κ3) is 4.07. The van der Waals surface area contributed by atoms with E-state index in [9.17, 15) is 9.18 Å². The SMILES string of the molecule is COc1ccc(-c2ccc(N3CCN(C(=O)c4c(F)cccc4Cl)CC3)nn2)cc1. The molecule has 1 aliphatic rings. The van der Waals surface area contributed by atoms with Crippen molar-refractivity contribution in [3.63, 3.8) is 0 Å². The maximum absolute atomic E-state index is 14.1. The zero-order chi connectivity index (χ0) is 21.1. The first-order chi connectivity index (χ1) is 14.6. The molecule has 2 aromatic carbocycles. The number of nitrogens with zero attached hydrogens (tertiary/aromatic N) is 4. The number of benzene rings is 2. The number of carbonyl (C=O) groups excluding carboxylic acids is 1. The normalized spacial score (nSPS) is 14.0. The van der Waals surface area contributed by atoms with E-state index in [0.29, 0.717) is 26.2 Å². The van der Waals surface area contributed by atoms with Gasteiger partial charge in [0.1, 0.15) is 11.6 Å². The van der Waals surface area contributed by atoms with Gasteiger partial charge in [-0.15, -0.1) is 10.2 Å². The third-order valence-electron chi connectivity index (χ3n) is 5.10. The Labute approximate surface area is 178 Å². The van der Waals surface area contributed by atoms with Gasteiger partial charge in [0.25, 0.3) is 5.91 Å². The zero-order valence-electron chi connectivity index (χ0n) is 16.4. The van der Waals surface area contributed by atoms with Crippen LogP contribution in [0.3, 0.4) is 0 Å². The molecule has 1 saturated heterocycles. The van der Waals surface area contributed by atoms with Gasteiger partial charge in [-0.1, -0.05) is 17.7 Å². The molecule has 0 N–H and O–H groups in total. The number of hydrogen-bond donors (Lipinski definition) is 0. The minimum atomic E-state index is -0.602. The Morgan fingerprint density at radius 3 is 2.33 bits per heavy atom. The van der Waals surface area contributed by atoms with E-state index in [4.69, 9.17) is 16.3 Å². The maximum atomic E-state index is 14.1. The first kappa shape index (κ1) is 20.1. The summed E-state index contributed by atoms with van der Waals surface area (Å²) in [7, 11) is 1.63. The van der Waals surface area contributed by atoms with Crippen molar-refractivity contribution in [1.29, 1.82) is 0 Å².